The molecule has 0 N–H and O–H groups in total. The number of hydrogen-bond donors (Lipinski definition) is 0. The molecule has 3 nitrogen and oxygen atoms in total. The lowest BCUT2D eigenvalue weighted by Crippen LogP contribution is -2.31. The van der Waals surface area contributed by atoms with Crippen LogP contribution in [-0.4, -0.2) is 36.0 Å². The molecule has 3 heterocycles. The molecule has 1 aromatic heterocycles. The van der Waals surface area contributed by atoms with Gasteiger partial charge in [-0.25, -0.2) is 0 Å². The van der Waals surface area contributed by atoms with Gasteiger partial charge in [-0.3, -0.25) is 9.80 Å². The molecule has 0 saturated carbocycles. The van der Waals surface area contributed by atoms with Crippen LogP contribution in [0.2, 0.25) is 0 Å². The van der Waals surface area contributed by atoms with E-state index in [9.17, 15) is 0 Å². The van der Waals surface area contributed by atoms with E-state index in [4.69, 9.17) is 4.42 Å². The summed E-state index contributed by atoms with van der Waals surface area (Å²) >= 11 is 0. The highest BCUT2D eigenvalue weighted by Crippen LogP contribution is 2.20. The second-order valence-corrected chi connectivity index (χ2v) is 6.10. The molecule has 2 aliphatic heterocycles. The maximum atomic E-state index is 5.48. The Morgan fingerprint density at radius 2 is 1.11 bits per heavy atom. The first-order valence-corrected chi connectivity index (χ1v) is 7.90. The maximum absolute atomic E-state index is 5.48. The Balaban J connectivity index is 1.57. The highest BCUT2D eigenvalue weighted by atomic mass is 16.3. The van der Waals surface area contributed by atoms with Crippen molar-refractivity contribution in [1.29, 1.82) is 0 Å². The van der Waals surface area contributed by atoms with Crippen molar-refractivity contribution in [3.63, 3.8) is 0 Å². The minimum absolute atomic E-state index is 1.08. The van der Waals surface area contributed by atoms with Gasteiger partial charge in [0.05, 0.1) is 12.5 Å². The molecule has 0 amide bonds. The lowest BCUT2D eigenvalue weighted by molar-refractivity contribution is 0.210. The van der Waals surface area contributed by atoms with Crippen LogP contribution in [0.4, 0.5) is 0 Å². The Kier molecular flexibility index (Phi) is 4.57. The summed E-state index contributed by atoms with van der Waals surface area (Å²) in [7, 11) is 0. The predicted octanol–water partition coefficient (Wildman–Crippen LogP) is 3.25. The van der Waals surface area contributed by atoms with E-state index >= 15 is 0 Å². The third-order valence-corrected chi connectivity index (χ3v) is 4.52. The van der Waals surface area contributed by atoms with Crippen LogP contribution in [0.1, 0.15) is 49.7 Å². The largest absolute Gasteiger partial charge is 0.472 e. The highest BCUT2D eigenvalue weighted by molar-refractivity contribution is 5.21. The van der Waals surface area contributed by atoms with Crippen LogP contribution in [0.25, 0.3) is 0 Å². The lowest BCUT2D eigenvalue weighted by atomic mass is 10.1. The summed E-state index contributed by atoms with van der Waals surface area (Å²) in [6.07, 6.45) is 12.2. The quantitative estimate of drug-likeness (QED) is 0.830. The average Bonchev–Trinajstić information content (AvgIpc) is 2.88. The van der Waals surface area contributed by atoms with Gasteiger partial charge in [0.2, 0.25) is 0 Å². The second kappa shape index (κ2) is 6.58. The Hall–Kier alpha value is -0.800. The molecule has 0 atom stereocenters. The van der Waals surface area contributed by atoms with Gasteiger partial charge in [0.15, 0.2) is 0 Å². The zero-order chi connectivity index (χ0) is 12.9. The molecule has 1 aromatic rings. The topological polar surface area (TPSA) is 19.6 Å². The molecule has 3 rings (SSSR count). The van der Waals surface area contributed by atoms with Crippen molar-refractivity contribution < 1.29 is 4.42 Å². The number of likely N-dealkylation sites (tertiary alicyclic amines) is 2. The van der Waals surface area contributed by atoms with E-state index in [0.717, 1.165) is 13.1 Å². The van der Waals surface area contributed by atoms with Gasteiger partial charge < -0.3 is 4.42 Å². The predicted molar refractivity (Wildman–Crippen MR) is 77.0 cm³/mol. The summed E-state index contributed by atoms with van der Waals surface area (Å²) in [5.41, 5.74) is 2.82. The van der Waals surface area contributed by atoms with Crippen LogP contribution in [-0.2, 0) is 13.1 Å². The Bertz CT molecular complexity index is 341. The van der Waals surface area contributed by atoms with Gasteiger partial charge in [-0.05, 0) is 51.9 Å². The van der Waals surface area contributed by atoms with Gasteiger partial charge in [-0.2, -0.15) is 0 Å². The van der Waals surface area contributed by atoms with E-state index in [2.05, 4.69) is 9.80 Å². The van der Waals surface area contributed by atoms with Crippen LogP contribution in [0.3, 0.4) is 0 Å². The Labute approximate surface area is 116 Å². The molecule has 2 aliphatic rings. The van der Waals surface area contributed by atoms with Crippen molar-refractivity contribution >= 4 is 0 Å². The number of rotatable bonds is 4. The van der Waals surface area contributed by atoms with Gasteiger partial charge in [0.25, 0.3) is 0 Å². The average molecular weight is 262 g/mol. The number of piperidine rings is 2. The van der Waals surface area contributed by atoms with Gasteiger partial charge >= 0.3 is 0 Å². The summed E-state index contributed by atoms with van der Waals surface area (Å²) in [6, 6.07) is 0. The van der Waals surface area contributed by atoms with Crippen LogP contribution in [0.5, 0.6) is 0 Å². The number of hydrogen-bond acceptors (Lipinski definition) is 3. The fourth-order valence-electron chi connectivity index (χ4n) is 3.34. The summed E-state index contributed by atoms with van der Waals surface area (Å²) in [4.78, 5) is 5.15. The van der Waals surface area contributed by atoms with Crippen molar-refractivity contribution in [2.75, 3.05) is 26.2 Å². The van der Waals surface area contributed by atoms with E-state index in [0.29, 0.717) is 0 Å². The van der Waals surface area contributed by atoms with Crippen LogP contribution in [0, 0.1) is 0 Å². The molecule has 106 valence electrons. The van der Waals surface area contributed by atoms with Crippen LogP contribution < -0.4 is 0 Å². The standard InChI is InChI=1S/C16H26N2O/c1-3-7-17(8-4-1)11-15-13-19-14-16(15)12-18-9-5-2-6-10-18/h13-14H,1-12H2. The Morgan fingerprint density at radius 3 is 1.53 bits per heavy atom. The molecule has 0 aliphatic carbocycles. The zero-order valence-electron chi connectivity index (χ0n) is 11.9. The van der Waals surface area contributed by atoms with E-state index in [-0.39, 0.29) is 0 Å². The fourth-order valence-corrected chi connectivity index (χ4v) is 3.34. The monoisotopic (exact) mass is 262 g/mol. The lowest BCUT2D eigenvalue weighted by Gasteiger charge is -2.28. The number of furan rings is 1. The molecule has 0 unspecified atom stereocenters. The van der Waals surface area contributed by atoms with Crippen molar-refractivity contribution in [1.82, 2.24) is 9.80 Å². The summed E-state index contributed by atoms with van der Waals surface area (Å²) in [6.45, 7) is 7.20. The van der Waals surface area contributed by atoms with Crippen LogP contribution in [0.15, 0.2) is 16.9 Å². The van der Waals surface area contributed by atoms with E-state index in [1.165, 1.54) is 75.8 Å². The normalized spacial score (nSPS) is 22.7. The second-order valence-electron chi connectivity index (χ2n) is 6.10. The molecule has 2 fully saturated rings. The van der Waals surface area contributed by atoms with Crippen LogP contribution >= 0.6 is 0 Å². The first-order valence-electron chi connectivity index (χ1n) is 7.90. The smallest absolute Gasteiger partial charge is 0.0951 e. The van der Waals surface area contributed by atoms with Crippen molar-refractivity contribution in [2.24, 2.45) is 0 Å². The Morgan fingerprint density at radius 1 is 0.684 bits per heavy atom. The fraction of sp³-hybridized carbons (Fsp3) is 0.750. The first-order chi connectivity index (χ1) is 9.42. The molecule has 0 bridgehead atoms. The first kappa shape index (κ1) is 13.2. The van der Waals surface area contributed by atoms with Crippen molar-refractivity contribution in [3.05, 3.63) is 23.7 Å². The molecule has 0 radical (unpaired) electrons. The minimum Gasteiger partial charge on any atom is -0.472 e. The molecular weight excluding hydrogens is 236 g/mol. The van der Waals surface area contributed by atoms with Gasteiger partial charge in [0.1, 0.15) is 0 Å². The third-order valence-electron chi connectivity index (χ3n) is 4.52. The molecule has 0 aromatic carbocycles. The molecule has 19 heavy (non-hydrogen) atoms. The zero-order valence-corrected chi connectivity index (χ0v) is 11.9. The van der Waals surface area contributed by atoms with Gasteiger partial charge in [-0.1, -0.05) is 12.8 Å². The van der Waals surface area contributed by atoms with Crippen molar-refractivity contribution in [2.45, 2.75) is 51.6 Å². The minimum atomic E-state index is 1.08. The van der Waals surface area contributed by atoms with Crippen molar-refractivity contribution in [3.8, 4) is 0 Å². The number of nitrogens with zero attached hydrogens (tertiary/aromatic N) is 2. The summed E-state index contributed by atoms with van der Waals surface area (Å²) in [5.74, 6) is 0. The summed E-state index contributed by atoms with van der Waals surface area (Å²) < 4.78 is 5.48. The van der Waals surface area contributed by atoms with Gasteiger partial charge in [-0.15, -0.1) is 0 Å². The van der Waals surface area contributed by atoms with E-state index in [1.54, 1.807) is 0 Å². The molecule has 0 spiro atoms. The highest BCUT2D eigenvalue weighted by Gasteiger charge is 2.17. The third kappa shape index (κ3) is 3.61. The van der Waals surface area contributed by atoms with E-state index < -0.39 is 0 Å². The maximum Gasteiger partial charge on any atom is 0.0951 e. The molecule has 3 heteroatoms. The van der Waals surface area contributed by atoms with Gasteiger partial charge in [0, 0.05) is 24.2 Å². The molecule has 2 saturated heterocycles. The molecular formula is C16H26N2O. The SMILES string of the molecule is c1occ(CN2CCCCC2)c1CN1CCCCC1. The van der Waals surface area contributed by atoms with E-state index in [1.807, 2.05) is 12.5 Å². The summed E-state index contributed by atoms with van der Waals surface area (Å²) in [5, 5.41) is 0.